The fourth-order valence-electron chi connectivity index (χ4n) is 2.24. The summed E-state index contributed by atoms with van der Waals surface area (Å²) in [6, 6.07) is 12.5. The van der Waals surface area contributed by atoms with Crippen molar-refractivity contribution in [3.8, 4) is 0 Å². The van der Waals surface area contributed by atoms with Crippen molar-refractivity contribution in [3.63, 3.8) is 0 Å². The van der Waals surface area contributed by atoms with Crippen LogP contribution in [0.5, 0.6) is 0 Å². The summed E-state index contributed by atoms with van der Waals surface area (Å²) in [4.78, 5) is 12.5. The van der Waals surface area contributed by atoms with E-state index in [9.17, 15) is 13.2 Å². The Morgan fingerprint density at radius 2 is 2.00 bits per heavy atom. The smallest absolute Gasteiger partial charge is 0.267 e. The van der Waals surface area contributed by atoms with E-state index < -0.39 is 15.9 Å². The second kappa shape index (κ2) is 7.81. The van der Waals surface area contributed by atoms with Gasteiger partial charge in [-0.15, -0.1) is 11.3 Å². The summed E-state index contributed by atoms with van der Waals surface area (Å²) in [6.45, 7) is 1.99. The molecular formula is C17H17N3O4S2. The number of aryl methyl sites for hydroxylation is 1. The van der Waals surface area contributed by atoms with Crippen LogP contribution in [0.25, 0.3) is 0 Å². The Labute approximate surface area is 155 Å². The first-order valence-electron chi connectivity index (χ1n) is 7.81. The lowest BCUT2D eigenvalue weighted by Crippen LogP contribution is -2.25. The molecular weight excluding hydrogens is 374 g/mol. The average molecular weight is 391 g/mol. The Kier molecular flexibility index (Phi) is 5.50. The van der Waals surface area contributed by atoms with E-state index in [2.05, 4.69) is 15.2 Å². The zero-order chi connectivity index (χ0) is 18.6. The van der Waals surface area contributed by atoms with Crippen LogP contribution in [0, 0.1) is 6.92 Å². The minimum Gasteiger partial charge on any atom is -0.360 e. The lowest BCUT2D eigenvalue weighted by molar-refractivity contribution is 0.102. The largest absolute Gasteiger partial charge is 0.360 e. The van der Waals surface area contributed by atoms with Gasteiger partial charge in [0.2, 0.25) is 10.0 Å². The molecule has 0 unspecified atom stereocenters. The Bertz CT molecular complexity index is 994. The van der Waals surface area contributed by atoms with Crippen LogP contribution in [-0.4, -0.2) is 26.0 Å². The average Bonchev–Trinajstić information content (AvgIpc) is 3.25. The number of aromatic nitrogens is 1. The van der Waals surface area contributed by atoms with Gasteiger partial charge in [-0.05, 0) is 25.0 Å². The standard InChI is InChI=1S/C17H17N3O4S2/c1-12-9-16(20-24-12)19-17(21)15-10-14(11-25-15)26(22,23)18-8-7-13-5-3-2-4-6-13/h2-6,9-11,18H,7-8H2,1H3,(H,19,20,21). The minimum absolute atomic E-state index is 0.0667. The van der Waals surface area contributed by atoms with Crippen LogP contribution < -0.4 is 10.0 Å². The summed E-state index contributed by atoms with van der Waals surface area (Å²) in [5.74, 6) is 0.415. The molecule has 3 aromatic rings. The number of anilines is 1. The summed E-state index contributed by atoms with van der Waals surface area (Å²) < 4.78 is 32.1. The van der Waals surface area contributed by atoms with Gasteiger partial charge < -0.3 is 9.84 Å². The van der Waals surface area contributed by atoms with Crippen molar-refractivity contribution in [2.75, 3.05) is 11.9 Å². The highest BCUT2D eigenvalue weighted by atomic mass is 32.2. The molecule has 0 spiro atoms. The van der Waals surface area contributed by atoms with Gasteiger partial charge in [-0.3, -0.25) is 4.79 Å². The molecule has 1 aromatic carbocycles. The van der Waals surface area contributed by atoms with E-state index in [1.54, 1.807) is 13.0 Å². The molecule has 2 heterocycles. The highest BCUT2D eigenvalue weighted by Crippen LogP contribution is 2.20. The van der Waals surface area contributed by atoms with Crippen molar-refractivity contribution in [2.24, 2.45) is 0 Å². The SMILES string of the molecule is Cc1cc(NC(=O)c2cc(S(=O)(=O)NCCc3ccccc3)cs2)no1. The van der Waals surface area contributed by atoms with E-state index in [0.717, 1.165) is 16.9 Å². The molecule has 2 N–H and O–H groups in total. The van der Waals surface area contributed by atoms with Gasteiger partial charge in [-0.2, -0.15) is 0 Å². The molecule has 0 atom stereocenters. The molecule has 0 aliphatic heterocycles. The molecule has 136 valence electrons. The normalized spacial score (nSPS) is 11.4. The van der Waals surface area contributed by atoms with Gasteiger partial charge in [0.15, 0.2) is 5.82 Å². The molecule has 0 saturated heterocycles. The highest BCUT2D eigenvalue weighted by Gasteiger charge is 2.19. The number of sulfonamides is 1. The number of carbonyl (C=O) groups is 1. The number of thiophene rings is 1. The molecule has 0 aliphatic carbocycles. The Hall–Kier alpha value is -2.49. The summed E-state index contributed by atoms with van der Waals surface area (Å²) in [7, 11) is -3.67. The maximum absolute atomic E-state index is 12.4. The van der Waals surface area contributed by atoms with Gasteiger partial charge >= 0.3 is 0 Å². The summed E-state index contributed by atoms with van der Waals surface area (Å²) in [5.41, 5.74) is 1.04. The third kappa shape index (κ3) is 4.57. The van der Waals surface area contributed by atoms with Crippen molar-refractivity contribution in [2.45, 2.75) is 18.2 Å². The van der Waals surface area contributed by atoms with Crippen molar-refractivity contribution in [1.29, 1.82) is 0 Å². The van der Waals surface area contributed by atoms with Crippen LogP contribution in [0.2, 0.25) is 0 Å². The van der Waals surface area contributed by atoms with Gasteiger partial charge in [-0.1, -0.05) is 35.5 Å². The monoisotopic (exact) mass is 391 g/mol. The van der Waals surface area contributed by atoms with Gasteiger partial charge in [0.05, 0.1) is 9.77 Å². The first-order chi connectivity index (χ1) is 12.4. The Balaban J connectivity index is 1.61. The Morgan fingerprint density at radius 1 is 1.23 bits per heavy atom. The molecule has 2 aromatic heterocycles. The van der Waals surface area contributed by atoms with Gasteiger partial charge in [0.25, 0.3) is 5.91 Å². The number of hydrogen-bond donors (Lipinski definition) is 2. The number of carbonyl (C=O) groups excluding carboxylic acids is 1. The van der Waals surface area contributed by atoms with Crippen LogP contribution in [0.15, 0.2) is 57.3 Å². The first kappa shape index (κ1) is 18.3. The van der Waals surface area contributed by atoms with Gasteiger partial charge in [-0.25, -0.2) is 13.1 Å². The molecule has 3 rings (SSSR count). The van der Waals surface area contributed by atoms with Crippen LogP contribution >= 0.6 is 11.3 Å². The molecule has 0 radical (unpaired) electrons. The maximum atomic E-state index is 12.4. The van der Waals surface area contributed by atoms with Gasteiger partial charge in [0.1, 0.15) is 5.76 Å². The van der Waals surface area contributed by atoms with E-state index in [-0.39, 0.29) is 22.1 Å². The number of benzene rings is 1. The number of nitrogens with one attached hydrogen (secondary N) is 2. The number of hydrogen-bond acceptors (Lipinski definition) is 6. The third-order valence-corrected chi connectivity index (χ3v) is 6.05. The van der Waals surface area contributed by atoms with E-state index >= 15 is 0 Å². The predicted molar refractivity (Wildman–Crippen MR) is 98.8 cm³/mol. The summed E-state index contributed by atoms with van der Waals surface area (Å²) in [5, 5.41) is 7.67. The first-order valence-corrected chi connectivity index (χ1v) is 10.2. The van der Waals surface area contributed by atoms with E-state index in [4.69, 9.17) is 4.52 Å². The molecule has 26 heavy (non-hydrogen) atoms. The van der Waals surface area contributed by atoms with Crippen molar-refractivity contribution < 1.29 is 17.7 Å². The molecule has 9 heteroatoms. The van der Waals surface area contributed by atoms with Crippen molar-refractivity contribution >= 4 is 33.1 Å². The topological polar surface area (TPSA) is 101 Å². The van der Waals surface area contributed by atoms with E-state index in [0.29, 0.717) is 12.2 Å². The summed E-state index contributed by atoms with van der Waals surface area (Å²) >= 11 is 1.05. The fraction of sp³-hybridized carbons (Fsp3) is 0.176. The summed E-state index contributed by atoms with van der Waals surface area (Å²) in [6.07, 6.45) is 0.586. The number of nitrogens with zero attached hydrogens (tertiary/aromatic N) is 1. The van der Waals surface area contributed by atoms with Crippen molar-refractivity contribution in [3.05, 3.63) is 64.0 Å². The molecule has 7 nitrogen and oxygen atoms in total. The van der Waals surface area contributed by atoms with Crippen LogP contribution in [0.1, 0.15) is 21.0 Å². The highest BCUT2D eigenvalue weighted by molar-refractivity contribution is 7.89. The van der Waals surface area contributed by atoms with Crippen molar-refractivity contribution in [1.82, 2.24) is 9.88 Å². The molecule has 0 fully saturated rings. The predicted octanol–water partition coefficient (Wildman–Crippen LogP) is 2.82. The van der Waals surface area contributed by atoms with E-state index in [1.165, 1.54) is 11.4 Å². The second-order valence-corrected chi connectivity index (χ2v) is 8.24. The van der Waals surface area contributed by atoms with Crippen LogP contribution in [-0.2, 0) is 16.4 Å². The zero-order valence-electron chi connectivity index (χ0n) is 13.9. The maximum Gasteiger partial charge on any atom is 0.267 e. The fourth-order valence-corrected chi connectivity index (χ4v) is 4.44. The molecule has 0 aliphatic rings. The van der Waals surface area contributed by atoms with Gasteiger partial charge in [0, 0.05) is 18.0 Å². The lowest BCUT2D eigenvalue weighted by atomic mass is 10.2. The quantitative estimate of drug-likeness (QED) is 0.645. The van der Waals surface area contributed by atoms with E-state index in [1.807, 2.05) is 30.3 Å². The van der Waals surface area contributed by atoms with Crippen LogP contribution in [0.4, 0.5) is 5.82 Å². The Morgan fingerprint density at radius 3 is 2.69 bits per heavy atom. The number of amides is 1. The molecule has 0 bridgehead atoms. The zero-order valence-corrected chi connectivity index (χ0v) is 15.6. The second-order valence-electron chi connectivity index (χ2n) is 5.56. The number of rotatable bonds is 7. The lowest BCUT2D eigenvalue weighted by Gasteiger charge is -2.05. The van der Waals surface area contributed by atoms with Crippen LogP contribution in [0.3, 0.4) is 0 Å². The molecule has 0 saturated carbocycles. The third-order valence-electron chi connectivity index (χ3n) is 3.53. The minimum atomic E-state index is -3.67. The molecule has 1 amide bonds.